The van der Waals surface area contributed by atoms with Crippen LogP contribution in [0, 0.1) is 0 Å². The van der Waals surface area contributed by atoms with E-state index in [-0.39, 0.29) is 0 Å². The van der Waals surface area contributed by atoms with Gasteiger partial charge in [0, 0.05) is 26.3 Å². The molecule has 8 aromatic rings. The van der Waals surface area contributed by atoms with Crippen molar-refractivity contribution in [3.63, 3.8) is 0 Å². The molecule has 1 nitrogen and oxygen atoms in total. The molecular formula is C43H27NS. The molecule has 1 aliphatic carbocycles. The molecule has 210 valence electrons. The fourth-order valence-electron chi connectivity index (χ4n) is 8.02. The number of hydrogen-bond donors (Lipinski definition) is 0. The van der Waals surface area contributed by atoms with Crippen molar-refractivity contribution in [3.05, 3.63) is 186 Å². The lowest BCUT2D eigenvalue weighted by molar-refractivity contribution is 0.723. The van der Waals surface area contributed by atoms with Crippen LogP contribution >= 0.6 is 11.8 Å². The van der Waals surface area contributed by atoms with Crippen molar-refractivity contribution in [2.75, 3.05) is 0 Å². The Balaban J connectivity index is 1.31. The molecular weight excluding hydrogens is 563 g/mol. The highest BCUT2D eigenvalue weighted by Crippen LogP contribution is 2.62. The molecule has 0 saturated carbocycles. The molecule has 0 atom stereocenters. The number of nitrogens with zero attached hydrogens (tertiary/aromatic N) is 1. The highest BCUT2D eigenvalue weighted by molar-refractivity contribution is 7.99. The van der Waals surface area contributed by atoms with Gasteiger partial charge in [0.15, 0.2) is 0 Å². The number of para-hydroxylation sites is 1. The molecule has 0 bridgehead atoms. The van der Waals surface area contributed by atoms with Gasteiger partial charge in [-0.05, 0) is 87.0 Å². The Morgan fingerprint density at radius 2 is 1.00 bits per heavy atom. The summed E-state index contributed by atoms with van der Waals surface area (Å²) in [6, 6.07) is 60.7. The first-order valence-corrected chi connectivity index (χ1v) is 16.3. The maximum absolute atomic E-state index is 2.51. The fourth-order valence-corrected chi connectivity index (χ4v) is 9.22. The fraction of sp³-hybridized carbons (Fsp3) is 0.0233. The lowest BCUT2D eigenvalue weighted by atomic mass is 9.67. The average Bonchev–Trinajstić information content (AvgIpc) is 3.58. The van der Waals surface area contributed by atoms with Gasteiger partial charge in [-0.2, -0.15) is 0 Å². The summed E-state index contributed by atoms with van der Waals surface area (Å²) in [5, 5.41) is 2.57. The first-order chi connectivity index (χ1) is 22.3. The number of fused-ring (bicyclic) bond motifs is 12. The second-order valence-corrected chi connectivity index (χ2v) is 13.2. The third kappa shape index (κ3) is 3.35. The summed E-state index contributed by atoms with van der Waals surface area (Å²) in [5.74, 6) is 0. The number of aromatic nitrogens is 1. The lowest BCUT2D eigenvalue weighted by Gasteiger charge is -2.39. The molecule has 0 unspecified atom stereocenters. The molecule has 1 spiro atoms. The molecule has 2 heterocycles. The van der Waals surface area contributed by atoms with Crippen LogP contribution in [0.2, 0.25) is 0 Å². The van der Waals surface area contributed by atoms with Crippen molar-refractivity contribution < 1.29 is 0 Å². The molecule has 10 rings (SSSR count). The standard InChI is InChI=1S/C43H27NS/c1-2-12-28(13-3-1)29-22-24-30(25-23-29)44-39-19-9-5-15-32(39)34-26-33-31-14-4-6-16-35(31)43(38(33)27-40(34)44)36-17-7-10-20-41(36)45-42-21-11-8-18-37(42)43/h1-27H. The minimum atomic E-state index is -0.392. The van der Waals surface area contributed by atoms with Gasteiger partial charge in [0.1, 0.15) is 0 Å². The summed E-state index contributed by atoms with van der Waals surface area (Å²) in [7, 11) is 0. The third-order valence-electron chi connectivity index (χ3n) is 9.87. The molecule has 45 heavy (non-hydrogen) atoms. The monoisotopic (exact) mass is 589 g/mol. The van der Waals surface area contributed by atoms with E-state index in [0.717, 1.165) is 0 Å². The van der Waals surface area contributed by atoms with Gasteiger partial charge < -0.3 is 4.57 Å². The zero-order chi connectivity index (χ0) is 29.5. The SMILES string of the molecule is c1ccc(-c2ccc(-n3c4ccccc4c4cc5c(cc43)C3(c4ccccc4Sc4ccccc43)c3ccccc3-5)cc2)cc1. The van der Waals surface area contributed by atoms with Gasteiger partial charge in [0.25, 0.3) is 0 Å². The molecule has 2 heteroatoms. The van der Waals surface area contributed by atoms with Gasteiger partial charge in [0.05, 0.1) is 16.4 Å². The quantitative estimate of drug-likeness (QED) is 0.194. The van der Waals surface area contributed by atoms with Crippen LogP contribution in [-0.4, -0.2) is 4.57 Å². The number of benzene rings is 7. The molecule has 0 saturated heterocycles. The van der Waals surface area contributed by atoms with E-state index >= 15 is 0 Å². The Morgan fingerprint density at radius 3 is 1.76 bits per heavy atom. The van der Waals surface area contributed by atoms with E-state index in [1.54, 1.807) is 0 Å². The maximum Gasteiger partial charge on any atom is 0.0736 e. The van der Waals surface area contributed by atoms with E-state index in [9.17, 15) is 0 Å². The van der Waals surface area contributed by atoms with Crippen LogP contribution in [0.5, 0.6) is 0 Å². The first-order valence-electron chi connectivity index (χ1n) is 15.5. The molecule has 2 aliphatic rings. The Bertz CT molecular complexity index is 2400. The van der Waals surface area contributed by atoms with Crippen molar-refractivity contribution in [2.24, 2.45) is 0 Å². The highest BCUT2D eigenvalue weighted by atomic mass is 32.2. The van der Waals surface area contributed by atoms with Crippen LogP contribution in [0.1, 0.15) is 22.3 Å². The zero-order valence-electron chi connectivity index (χ0n) is 24.4. The number of hydrogen-bond acceptors (Lipinski definition) is 1. The molecule has 7 aromatic carbocycles. The van der Waals surface area contributed by atoms with E-state index in [0.29, 0.717) is 0 Å². The Labute approximate surface area is 266 Å². The van der Waals surface area contributed by atoms with E-state index in [2.05, 4.69) is 168 Å². The molecule has 1 aromatic heterocycles. The summed E-state index contributed by atoms with van der Waals surface area (Å²) < 4.78 is 2.46. The molecule has 0 fully saturated rings. The third-order valence-corrected chi connectivity index (χ3v) is 11.0. The smallest absolute Gasteiger partial charge is 0.0736 e. The first kappa shape index (κ1) is 25.1. The summed E-state index contributed by atoms with van der Waals surface area (Å²) in [4.78, 5) is 2.66. The van der Waals surface area contributed by atoms with E-state index in [1.807, 2.05) is 11.8 Å². The second-order valence-electron chi connectivity index (χ2n) is 12.1. The van der Waals surface area contributed by atoms with Crippen molar-refractivity contribution in [3.8, 4) is 27.9 Å². The summed E-state index contributed by atoms with van der Waals surface area (Å²) in [5.41, 5.74) is 13.8. The van der Waals surface area contributed by atoms with Crippen molar-refractivity contribution in [1.82, 2.24) is 4.57 Å². The zero-order valence-corrected chi connectivity index (χ0v) is 25.3. The Kier molecular flexibility index (Phi) is 5.20. The van der Waals surface area contributed by atoms with Crippen molar-refractivity contribution in [2.45, 2.75) is 15.2 Å². The highest BCUT2D eigenvalue weighted by Gasteiger charge is 2.50. The van der Waals surface area contributed by atoms with Crippen LogP contribution in [0.25, 0.3) is 49.7 Å². The van der Waals surface area contributed by atoms with Crippen molar-refractivity contribution >= 4 is 33.6 Å². The summed E-state index contributed by atoms with van der Waals surface area (Å²) in [6.45, 7) is 0. The number of rotatable bonds is 2. The summed E-state index contributed by atoms with van der Waals surface area (Å²) in [6.07, 6.45) is 0. The molecule has 0 radical (unpaired) electrons. The van der Waals surface area contributed by atoms with Crippen LogP contribution in [0.4, 0.5) is 0 Å². The second kappa shape index (κ2) is 9.34. The molecule has 0 N–H and O–H groups in total. The minimum absolute atomic E-state index is 0.392. The van der Waals surface area contributed by atoms with Gasteiger partial charge in [-0.25, -0.2) is 0 Å². The van der Waals surface area contributed by atoms with E-state index < -0.39 is 5.41 Å². The van der Waals surface area contributed by atoms with Gasteiger partial charge in [-0.3, -0.25) is 0 Å². The normalized spacial score (nSPS) is 13.9. The predicted molar refractivity (Wildman–Crippen MR) is 188 cm³/mol. The predicted octanol–water partition coefficient (Wildman–Crippen LogP) is 11.3. The Morgan fingerprint density at radius 1 is 0.400 bits per heavy atom. The van der Waals surface area contributed by atoms with Crippen LogP contribution in [0.15, 0.2) is 174 Å². The van der Waals surface area contributed by atoms with Crippen LogP contribution in [0.3, 0.4) is 0 Å². The maximum atomic E-state index is 2.51. The van der Waals surface area contributed by atoms with Gasteiger partial charge >= 0.3 is 0 Å². The summed E-state index contributed by atoms with van der Waals surface area (Å²) >= 11 is 1.89. The molecule has 1 aliphatic heterocycles. The van der Waals surface area contributed by atoms with Gasteiger partial charge in [0.2, 0.25) is 0 Å². The van der Waals surface area contributed by atoms with Gasteiger partial charge in [-0.1, -0.05) is 133 Å². The van der Waals surface area contributed by atoms with E-state index in [1.165, 1.54) is 81.8 Å². The Hall–Kier alpha value is -5.31. The van der Waals surface area contributed by atoms with Gasteiger partial charge in [-0.15, -0.1) is 0 Å². The van der Waals surface area contributed by atoms with E-state index in [4.69, 9.17) is 0 Å². The topological polar surface area (TPSA) is 4.93 Å². The largest absolute Gasteiger partial charge is 0.309 e. The van der Waals surface area contributed by atoms with Crippen LogP contribution < -0.4 is 0 Å². The van der Waals surface area contributed by atoms with Crippen LogP contribution in [-0.2, 0) is 5.41 Å². The average molecular weight is 590 g/mol. The van der Waals surface area contributed by atoms with Crippen molar-refractivity contribution in [1.29, 1.82) is 0 Å². The molecule has 0 amide bonds. The lowest BCUT2D eigenvalue weighted by Crippen LogP contribution is -2.31. The minimum Gasteiger partial charge on any atom is -0.309 e.